The summed E-state index contributed by atoms with van der Waals surface area (Å²) in [5.41, 5.74) is 1.76. The summed E-state index contributed by atoms with van der Waals surface area (Å²) in [5, 5.41) is 3.67. The minimum atomic E-state index is -1.37. The Balaban J connectivity index is 1.75. The fourth-order valence-corrected chi connectivity index (χ4v) is 2.94. The Labute approximate surface area is 141 Å². The van der Waals surface area contributed by atoms with Crippen LogP contribution in [0.5, 0.6) is 0 Å². The predicted octanol–water partition coefficient (Wildman–Crippen LogP) is 5.04. The second-order valence-corrected chi connectivity index (χ2v) is 5.98. The van der Waals surface area contributed by atoms with Crippen molar-refractivity contribution in [2.45, 2.75) is 12.6 Å². The number of halogens is 2. The molecule has 0 aliphatic carbocycles. The Bertz CT molecular complexity index is 848. The van der Waals surface area contributed by atoms with Gasteiger partial charge in [-0.2, -0.15) is 0 Å². The van der Waals surface area contributed by atoms with Gasteiger partial charge in [-0.15, -0.1) is 0 Å². The van der Waals surface area contributed by atoms with Crippen molar-refractivity contribution in [2.75, 3.05) is 5.32 Å². The van der Waals surface area contributed by atoms with E-state index in [2.05, 4.69) is 26.2 Å². The molecular formula is C18H14BrFN2O. The number of aromatic nitrogens is 1. The second kappa shape index (κ2) is 6.87. The highest BCUT2D eigenvalue weighted by molar-refractivity contribution is 9.10. The van der Waals surface area contributed by atoms with Crippen molar-refractivity contribution in [3.63, 3.8) is 0 Å². The second-order valence-electron chi connectivity index (χ2n) is 5.12. The molecule has 0 aliphatic heterocycles. The molecule has 116 valence electrons. The molecule has 1 unspecified atom stereocenters. The number of carbonyl (C=O) groups is 1. The number of rotatable bonds is 4. The standard InChI is InChI=1S/C18H14BrFN2O/c19-14-8-2-1-7-13(14)15(20)11-17(23)22-16-9-3-5-12-6-4-10-21-18(12)16/h1-10,15H,11H2,(H,22,23). The molecule has 0 saturated carbocycles. The molecule has 0 radical (unpaired) electrons. The van der Waals surface area contributed by atoms with Crippen molar-refractivity contribution < 1.29 is 9.18 Å². The molecule has 5 heteroatoms. The van der Waals surface area contributed by atoms with Gasteiger partial charge in [0, 0.05) is 21.6 Å². The number of hydrogen-bond acceptors (Lipinski definition) is 2. The minimum absolute atomic E-state index is 0.244. The van der Waals surface area contributed by atoms with E-state index < -0.39 is 6.17 Å². The molecule has 1 aromatic heterocycles. The van der Waals surface area contributed by atoms with Crippen LogP contribution in [0.25, 0.3) is 10.9 Å². The summed E-state index contributed by atoms with van der Waals surface area (Å²) in [6, 6.07) is 16.2. The molecule has 1 atom stereocenters. The number of amides is 1. The molecular weight excluding hydrogens is 359 g/mol. The number of para-hydroxylation sites is 1. The van der Waals surface area contributed by atoms with Crippen molar-refractivity contribution >= 4 is 38.4 Å². The highest BCUT2D eigenvalue weighted by atomic mass is 79.9. The lowest BCUT2D eigenvalue weighted by atomic mass is 10.1. The zero-order chi connectivity index (χ0) is 16.2. The Hall–Kier alpha value is -2.27. The van der Waals surface area contributed by atoms with Gasteiger partial charge in [-0.25, -0.2) is 4.39 Å². The van der Waals surface area contributed by atoms with Crippen LogP contribution in [0.3, 0.4) is 0 Å². The van der Waals surface area contributed by atoms with E-state index in [-0.39, 0.29) is 12.3 Å². The number of nitrogens with zero attached hydrogens (tertiary/aromatic N) is 1. The molecule has 3 aromatic rings. The monoisotopic (exact) mass is 372 g/mol. The van der Waals surface area contributed by atoms with Gasteiger partial charge >= 0.3 is 0 Å². The van der Waals surface area contributed by atoms with Gasteiger partial charge in [0.2, 0.25) is 5.91 Å². The van der Waals surface area contributed by atoms with Crippen LogP contribution in [-0.4, -0.2) is 10.9 Å². The lowest BCUT2D eigenvalue weighted by Gasteiger charge is -2.12. The van der Waals surface area contributed by atoms with E-state index in [1.807, 2.05) is 30.3 Å². The summed E-state index contributed by atoms with van der Waals surface area (Å²) >= 11 is 3.30. The Morgan fingerprint density at radius 1 is 1.13 bits per heavy atom. The van der Waals surface area contributed by atoms with Crippen LogP contribution in [0.2, 0.25) is 0 Å². The van der Waals surface area contributed by atoms with Crippen LogP contribution in [0, 0.1) is 0 Å². The molecule has 0 saturated heterocycles. The quantitative estimate of drug-likeness (QED) is 0.697. The summed E-state index contributed by atoms with van der Waals surface area (Å²) < 4.78 is 15.0. The van der Waals surface area contributed by atoms with E-state index in [4.69, 9.17) is 0 Å². The van der Waals surface area contributed by atoms with Crippen molar-refractivity contribution in [1.82, 2.24) is 4.98 Å². The summed E-state index contributed by atoms with van der Waals surface area (Å²) in [6.07, 6.45) is 0.0524. The molecule has 2 aromatic carbocycles. The maximum absolute atomic E-state index is 14.4. The maximum atomic E-state index is 14.4. The molecule has 3 rings (SSSR count). The SMILES string of the molecule is O=C(CC(F)c1ccccc1Br)Nc1cccc2cccnc12. The Morgan fingerprint density at radius 2 is 1.91 bits per heavy atom. The van der Waals surface area contributed by atoms with E-state index in [0.717, 1.165) is 5.39 Å². The van der Waals surface area contributed by atoms with E-state index in [1.54, 1.807) is 30.5 Å². The lowest BCUT2D eigenvalue weighted by molar-refractivity contribution is -0.117. The number of alkyl halides is 1. The van der Waals surface area contributed by atoms with Crippen molar-refractivity contribution in [3.05, 3.63) is 70.8 Å². The Morgan fingerprint density at radius 3 is 2.74 bits per heavy atom. The number of carbonyl (C=O) groups excluding carboxylic acids is 1. The van der Waals surface area contributed by atoms with Crippen molar-refractivity contribution in [1.29, 1.82) is 0 Å². The summed E-state index contributed by atoms with van der Waals surface area (Å²) in [5.74, 6) is -0.383. The van der Waals surface area contributed by atoms with Crippen molar-refractivity contribution in [2.24, 2.45) is 0 Å². The van der Waals surface area contributed by atoms with Crippen LogP contribution in [0.15, 0.2) is 65.3 Å². The van der Waals surface area contributed by atoms with Crippen LogP contribution in [-0.2, 0) is 4.79 Å². The molecule has 1 heterocycles. The van der Waals surface area contributed by atoms with Gasteiger partial charge in [-0.05, 0) is 18.2 Å². The molecule has 23 heavy (non-hydrogen) atoms. The third kappa shape index (κ3) is 3.56. The minimum Gasteiger partial charge on any atom is -0.324 e. The largest absolute Gasteiger partial charge is 0.324 e. The molecule has 0 aliphatic rings. The van der Waals surface area contributed by atoms with Crippen LogP contribution in [0.4, 0.5) is 10.1 Å². The van der Waals surface area contributed by atoms with Gasteiger partial charge in [-0.3, -0.25) is 9.78 Å². The number of pyridine rings is 1. The molecule has 1 amide bonds. The van der Waals surface area contributed by atoms with Crippen LogP contribution in [0.1, 0.15) is 18.2 Å². The zero-order valence-electron chi connectivity index (χ0n) is 12.2. The lowest BCUT2D eigenvalue weighted by Crippen LogP contribution is -2.14. The van der Waals surface area contributed by atoms with Crippen molar-refractivity contribution in [3.8, 4) is 0 Å². The highest BCUT2D eigenvalue weighted by Crippen LogP contribution is 2.29. The van der Waals surface area contributed by atoms with Gasteiger partial charge in [0.15, 0.2) is 0 Å². The number of hydrogen-bond donors (Lipinski definition) is 1. The molecule has 1 N–H and O–H groups in total. The van der Waals surface area contributed by atoms with Gasteiger partial charge in [0.05, 0.1) is 17.6 Å². The summed E-state index contributed by atoms with van der Waals surface area (Å²) in [6.45, 7) is 0. The fraction of sp³-hybridized carbons (Fsp3) is 0.111. The maximum Gasteiger partial charge on any atom is 0.227 e. The molecule has 0 bridgehead atoms. The molecule has 0 spiro atoms. The first-order valence-electron chi connectivity index (χ1n) is 7.17. The topological polar surface area (TPSA) is 42.0 Å². The third-order valence-electron chi connectivity index (χ3n) is 3.51. The first kappa shape index (κ1) is 15.6. The van der Waals surface area contributed by atoms with E-state index in [9.17, 15) is 9.18 Å². The smallest absolute Gasteiger partial charge is 0.227 e. The van der Waals surface area contributed by atoms with E-state index in [1.165, 1.54) is 0 Å². The normalized spacial score (nSPS) is 12.1. The predicted molar refractivity (Wildman–Crippen MR) is 93.0 cm³/mol. The van der Waals surface area contributed by atoms with Crippen LogP contribution < -0.4 is 5.32 Å². The van der Waals surface area contributed by atoms with E-state index >= 15 is 0 Å². The van der Waals surface area contributed by atoms with Gasteiger partial charge < -0.3 is 5.32 Å². The fourth-order valence-electron chi connectivity index (χ4n) is 2.41. The summed E-state index contributed by atoms with van der Waals surface area (Å²) in [7, 11) is 0. The first-order valence-corrected chi connectivity index (χ1v) is 7.96. The number of anilines is 1. The average Bonchev–Trinajstić information content (AvgIpc) is 2.55. The van der Waals surface area contributed by atoms with Gasteiger partial charge in [0.25, 0.3) is 0 Å². The highest BCUT2D eigenvalue weighted by Gasteiger charge is 2.18. The van der Waals surface area contributed by atoms with Gasteiger partial charge in [0.1, 0.15) is 6.17 Å². The molecule has 3 nitrogen and oxygen atoms in total. The van der Waals surface area contributed by atoms with Gasteiger partial charge in [-0.1, -0.05) is 52.3 Å². The third-order valence-corrected chi connectivity index (χ3v) is 4.24. The summed E-state index contributed by atoms with van der Waals surface area (Å²) in [4.78, 5) is 16.4. The number of benzene rings is 2. The first-order chi connectivity index (χ1) is 11.1. The Kier molecular flexibility index (Phi) is 4.67. The zero-order valence-corrected chi connectivity index (χ0v) is 13.8. The van der Waals surface area contributed by atoms with Crippen LogP contribution >= 0.6 is 15.9 Å². The number of nitrogens with one attached hydrogen (secondary N) is 1. The average molecular weight is 373 g/mol. The van der Waals surface area contributed by atoms with E-state index in [0.29, 0.717) is 21.2 Å². The molecule has 0 fully saturated rings. The number of fused-ring (bicyclic) bond motifs is 1.